The van der Waals surface area contributed by atoms with Crippen LogP contribution in [0.3, 0.4) is 0 Å². The fraction of sp³-hybridized carbons (Fsp3) is 0.188. The molecule has 0 heterocycles. The van der Waals surface area contributed by atoms with E-state index in [0.717, 1.165) is 12.1 Å². The SMILES string of the molecule is COc1cc([N+](=O)[O-])ccc1NC(=O)[C@@H](C)Oc1ccc(Cl)cc1[N+](=O)[O-]. The molecule has 27 heavy (non-hydrogen) atoms. The highest BCUT2D eigenvalue weighted by Crippen LogP contribution is 2.32. The number of rotatable bonds is 7. The van der Waals surface area contributed by atoms with Crippen molar-refractivity contribution < 1.29 is 24.1 Å². The van der Waals surface area contributed by atoms with E-state index < -0.39 is 21.9 Å². The summed E-state index contributed by atoms with van der Waals surface area (Å²) in [6.45, 7) is 1.39. The highest BCUT2D eigenvalue weighted by atomic mass is 35.5. The number of carbonyl (C=O) groups is 1. The van der Waals surface area contributed by atoms with Gasteiger partial charge in [0.2, 0.25) is 0 Å². The Kier molecular flexibility index (Phi) is 6.14. The summed E-state index contributed by atoms with van der Waals surface area (Å²) in [5, 5.41) is 24.5. The van der Waals surface area contributed by atoms with Crippen molar-refractivity contribution in [2.75, 3.05) is 12.4 Å². The molecule has 10 nitrogen and oxygen atoms in total. The van der Waals surface area contributed by atoms with Crippen LogP contribution in [0.5, 0.6) is 11.5 Å². The van der Waals surface area contributed by atoms with Gasteiger partial charge in [-0.2, -0.15) is 0 Å². The quantitative estimate of drug-likeness (QED) is 0.559. The van der Waals surface area contributed by atoms with Gasteiger partial charge in [-0.05, 0) is 25.1 Å². The van der Waals surface area contributed by atoms with Gasteiger partial charge in [0, 0.05) is 17.2 Å². The van der Waals surface area contributed by atoms with E-state index in [4.69, 9.17) is 21.1 Å². The van der Waals surface area contributed by atoms with Gasteiger partial charge in [-0.25, -0.2) is 0 Å². The molecular weight excluding hydrogens is 382 g/mol. The van der Waals surface area contributed by atoms with Gasteiger partial charge in [-0.1, -0.05) is 11.6 Å². The number of hydrogen-bond donors (Lipinski definition) is 1. The molecule has 0 saturated heterocycles. The third-order valence-electron chi connectivity index (χ3n) is 3.44. The summed E-state index contributed by atoms with van der Waals surface area (Å²) in [6.07, 6.45) is -1.11. The molecule has 0 radical (unpaired) electrons. The Labute approximate surface area is 157 Å². The van der Waals surface area contributed by atoms with Gasteiger partial charge in [-0.15, -0.1) is 0 Å². The largest absolute Gasteiger partial charge is 0.494 e. The molecule has 0 aliphatic carbocycles. The number of hydrogen-bond acceptors (Lipinski definition) is 7. The van der Waals surface area contributed by atoms with Crippen molar-refractivity contribution in [3.8, 4) is 11.5 Å². The number of ether oxygens (including phenoxy) is 2. The highest BCUT2D eigenvalue weighted by Gasteiger charge is 2.23. The number of halogens is 1. The average Bonchev–Trinajstić information content (AvgIpc) is 2.62. The maximum Gasteiger partial charge on any atom is 0.312 e. The summed E-state index contributed by atoms with van der Waals surface area (Å²) in [5.74, 6) is -0.670. The summed E-state index contributed by atoms with van der Waals surface area (Å²) >= 11 is 5.73. The van der Waals surface area contributed by atoms with Crippen LogP contribution < -0.4 is 14.8 Å². The maximum absolute atomic E-state index is 12.3. The summed E-state index contributed by atoms with van der Waals surface area (Å²) in [7, 11) is 1.30. The van der Waals surface area contributed by atoms with E-state index in [1.54, 1.807) is 0 Å². The predicted octanol–water partition coefficient (Wildman–Crippen LogP) is 3.57. The number of methoxy groups -OCH3 is 1. The second-order valence-electron chi connectivity index (χ2n) is 5.26. The predicted molar refractivity (Wildman–Crippen MR) is 96.5 cm³/mol. The fourth-order valence-corrected chi connectivity index (χ4v) is 2.27. The Morgan fingerprint density at radius 1 is 1.11 bits per heavy atom. The zero-order valence-corrected chi connectivity index (χ0v) is 14.9. The normalized spacial score (nSPS) is 11.4. The van der Waals surface area contributed by atoms with E-state index in [-0.39, 0.29) is 33.6 Å². The van der Waals surface area contributed by atoms with Gasteiger partial charge < -0.3 is 14.8 Å². The summed E-state index contributed by atoms with van der Waals surface area (Å²) in [6, 6.07) is 7.47. The molecular formula is C16H14ClN3O7. The van der Waals surface area contributed by atoms with Gasteiger partial charge in [0.15, 0.2) is 11.9 Å². The van der Waals surface area contributed by atoms with Crippen molar-refractivity contribution in [2.45, 2.75) is 13.0 Å². The number of benzene rings is 2. The molecule has 0 unspecified atom stereocenters. The summed E-state index contributed by atoms with van der Waals surface area (Å²) in [4.78, 5) is 32.9. The van der Waals surface area contributed by atoms with E-state index in [1.165, 1.54) is 38.3 Å². The van der Waals surface area contributed by atoms with Crippen LogP contribution in [0.2, 0.25) is 5.02 Å². The first-order chi connectivity index (χ1) is 12.7. The molecule has 2 rings (SSSR count). The van der Waals surface area contributed by atoms with Gasteiger partial charge in [0.25, 0.3) is 11.6 Å². The first-order valence-corrected chi connectivity index (χ1v) is 7.84. The van der Waals surface area contributed by atoms with Crippen LogP contribution in [0.15, 0.2) is 36.4 Å². The minimum atomic E-state index is -1.11. The second-order valence-corrected chi connectivity index (χ2v) is 5.70. The molecule has 0 aliphatic heterocycles. The zero-order chi connectivity index (χ0) is 20.1. The monoisotopic (exact) mass is 395 g/mol. The molecule has 11 heteroatoms. The molecule has 0 aromatic heterocycles. The number of carbonyl (C=O) groups excluding carboxylic acids is 1. The van der Waals surface area contributed by atoms with Crippen LogP contribution >= 0.6 is 11.6 Å². The van der Waals surface area contributed by atoms with Crippen molar-refractivity contribution in [1.82, 2.24) is 0 Å². The Bertz CT molecular complexity index is 904. The van der Waals surface area contributed by atoms with E-state index in [1.807, 2.05) is 0 Å². The lowest BCUT2D eigenvalue weighted by molar-refractivity contribution is -0.386. The molecule has 0 spiro atoms. The van der Waals surface area contributed by atoms with Crippen LogP contribution in [-0.4, -0.2) is 29.0 Å². The Morgan fingerprint density at radius 3 is 2.41 bits per heavy atom. The van der Waals surface area contributed by atoms with E-state index in [2.05, 4.69) is 5.32 Å². The Balaban J connectivity index is 2.17. The van der Waals surface area contributed by atoms with Crippen molar-refractivity contribution in [3.63, 3.8) is 0 Å². The third kappa shape index (κ3) is 4.82. The standard InChI is InChI=1S/C16H14ClN3O7/c1-9(27-14-6-3-10(17)7-13(14)20(24)25)16(21)18-12-5-4-11(19(22)23)8-15(12)26-2/h3-9H,1-2H3,(H,18,21)/t9-/m1/s1. The minimum Gasteiger partial charge on any atom is -0.494 e. The lowest BCUT2D eigenvalue weighted by Gasteiger charge is -2.16. The van der Waals surface area contributed by atoms with Gasteiger partial charge in [0.1, 0.15) is 5.75 Å². The molecule has 0 fully saturated rings. The average molecular weight is 396 g/mol. The number of anilines is 1. The third-order valence-corrected chi connectivity index (χ3v) is 3.68. The number of nitro benzene ring substituents is 2. The van der Waals surface area contributed by atoms with Crippen LogP contribution in [0.4, 0.5) is 17.1 Å². The number of nitrogens with one attached hydrogen (secondary N) is 1. The molecule has 1 amide bonds. The van der Waals surface area contributed by atoms with Gasteiger partial charge in [-0.3, -0.25) is 25.0 Å². The maximum atomic E-state index is 12.3. The summed E-state index contributed by atoms with van der Waals surface area (Å²) < 4.78 is 10.4. The molecule has 2 aromatic carbocycles. The summed E-state index contributed by atoms with van der Waals surface area (Å²) in [5.41, 5.74) is -0.393. The molecule has 142 valence electrons. The number of nitro groups is 2. The van der Waals surface area contributed by atoms with Crippen LogP contribution in [0, 0.1) is 20.2 Å². The number of non-ortho nitro benzene ring substituents is 1. The van der Waals surface area contributed by atoms with E-state index in [0.29, 0.717) is 0 Å². The van der Waals surface area contributed by atoms with Crippen LogP contribution in [0.25, 0.3) is 0 Å². The number of amides is 1. The lowest BCUT2D eigenvalue weighted by Crippen LogP contribution is -2.30. The lowest BCUT2D eigenvalue weighted by atomic mass is 10.2. The molecule has 0 bridgehead atoms. The first-order valence-electron chi connectivity index (χ1n) is 7.46. The van der Waals surface area contributed by atoms with E-state index >= 15 is 0 Å². The second kappa shape index (κ2) is 8.32. The van der Waals surface area contributed by atoms with Crippen molar-refractivity contribution >= 4 is 34.6 Å². The molecule has 1 N–H and O–H groups in total. The van der Waals surface area contributed by atoms with Gasteiger partial charge >= 0.3 is 5.69 Å². The molecule has 0 aliphatic rings. The fourth-order valence-electron chi connectivity index (χ4n) is 2.11. The first kappa shape index (κ1) is 19.9. The van der Waals surface area contributed by atoms with Crippen LogP contribution in [0.1, 0.15) is 6.92 Å². The topological polar surface area (TPSA) is 134 Å². The Hall–Kier alpha value is -3.40. The minimum absolute atomic E-state index is 0.0854. The Morgan fingerprint density at radius 2 is 1.81 bits per heavy atom. The highest BCUT2D eigenvalue weighted by molar-refractivity contribution is 6.30. The zero-order valence-electron chi connectivity index (χ0n) is 14.2. The molecule has 2 aromatic rings. The van der Waals surface area contributed by atoms with Gasteiger partial charge in [0.05, 0.1) is 28.7 Å². The van der Waals surface area contributed by atoms with Crippen molar-refractivity contribution in [3.05, 3.63) is 61.6 Å². The molecule has 1 atom stereocenters. The van der Waals surface area contributed by atoms with Crippen molar-refractivity contribution in [1.29, 1.82) is 0 Å². The molecule has 0 saturated carbocycles. The van der Waals surface area contributed by atoms with Crippen LogP contribution in [-0.2, 0) is 4.79 Å². The number of nitrogens with zero attached hydrogens (tertiary/aromatic N) is 2. The van der Waals surface area contributed by atoms with Crippen molar-refractivity contribution in [2.24, 2.45) is 0 Å². The van der Waals surface area contributed by atoms with E-state index in [9.17, 15) is 25.0 Å². The smallest absolute Gasteiger partial charge is 0.312 e.